The lowest BCUT2D eigenvalue weighted by Crippen LogP contribution is -2.49. The van der Waals surface area contributed by atoms with Crippen molar-refractivity contribution in [2.75, 3.05) is 13.2 Å². The summed E-state index contributed by atoms with van der Waals surface area (Å²) < 4.78 is 4.91. The molecular weight excluding hydrogens is 218 g/mol. The quantitative estimate of drug-likeness (QED) is 0.717. The minimum absolute atomic E-state index is 0.299. The van der Waals surface area contributed by atoms with Crippen molar-refractivity contribution < 1.29 is 14.6 Å². The third kappa shape index (κ3) is 3.19. The second-order valence-corrected chi connectivity index (χ2v) is 5.09. The van der Waals surface area contributed by atoms with Crippen LogP contribution in [-0.2, 0) is 9.53 Å². The van der Waals surface area contributed by atoms with Crippen LogP contribution in [0.1, 0.15) is 46.0 Å². The van der Waals surface area contributed by atoms with Crippen LogP contribution in [0.4, 0.5) is 0 Å². The van der Waals surface area contributed by atoms with E-state index in [0.29, 0.717) is 19.1 Å². The molecule has 0 aromatic heterocycles. The zero-order chi connectivity index (χ0) is 12.9. The second-order valence-electron chi connectivity index (χ2n) is 5.09. The Balaban J connectivity index is 2.75. The van der Waals surface area contributed by atoms with Crippen LogP contribution in [0, 0.1) is 11.3 Å². The molecule has 1 aliphatic rings. The molecule has 0 bridgehead atoms. The number of hydrogen-bond donors (Lipinski definition) is 2. The van der Waals surface area contributed by atoms with Crippen molar-refractivity contribution in [3.63, 3.8) is 0 Å². The Bertz CT molecular complexity index is 257. The minimum atomic E-state index is -1.07. The van der Waals surface area contributed by atoms with Gasteiger partial charge in [0.15, 0.2) is 6.10 Å². The first-order valence-electron chi connectivity index (χ1n) is 6.64. The van der Waals surface area contributed by atoms with Gasteiger partial charge >= 0.3 is 5.97 Å². The van der Waals surface area contributed by atoms with Gasteiger partial charge in [-0.05, 0) is 25.7 Å². The van der Waals surface area contributed by atoms with Crippen LogP contribution in [0.3, 0.4) is 0 Å². The van der Waals surface area contributed by atoms with Crippen LogP contribution in [0.25, 0.3) is 0 Å². The predicted molar refractivity (Wildman–Crippen MR) is 66.4 cm³/mol. The van der Waals surface area contributed by atoms with Crippen molar-refractivity contribution >= 4 is 5.97 Å². The lowest BCUT2D eigenvalue weighted by Gasteiger charge is -2.42. The number of hydrogen-bond acceptors (Lipinski definition) is 4. The summed E-state index contributed by atoms with van der Waals surface area (Å²) in [5, 5.41) is 10.2. The van der Waals surface area contributed by atoms with Crippen LogP contribution in [0.5, 0.6) is 0 Å². The van der Waals surface area contributed by atoms with Gasteiger partial charge in [-0.3, -0.25) is 0 Å². The zero-order valence-electron chi connectivity index (χ0n) is 10.9. The number of esters is 1. The SMILES string of the molecule is CCOC(=O)C(O)C1(CN)CCCC(CC)C1. The highest BCUT2D eigenvalue weighted by atomic mass is 16.5. The molecule has 0 heterocycles. The first-order chi connectivity index (χ1) is 8.09. The monoisotopic (exact) mass is 243 g/mol. The largest absolute Gasteiger partial charge is 0.464 e. The average Bonchev–Trinajstić information content (AvgIpc) is 2.38. The van der Waals surface area contributed by atoms with Crippen LogP contribution < -0.4 is 5.73 Å². The summed E-state index contributed by atoms with van der Waals surface area (Å²) in [7, 11) is 0. The van der Waals surface area contributed by atoms with E-state index in [-0.39, 0.29) is 0 Å². The molecule has 100 valence electrons. The number of carbonyl (C=O) groups is 1. The van der Waals surface area contributed by atoms with Gasteiger partial charge in [-0.25, -0.2) is 4.79 Å². The molecule has 0 aliphatic heterocycles. The average molecular weight is 243 g/mol. The lowest BCUT2D eigenvalue weighted by molar-refractivity contribution is -0.163. The standard InChI is InChI=1S/C13H25NO3/c1-3-10-6-5-7-13(8-10,9-14)11(15)12(16)17-4-2/h10-11,15H,3-9,14H2,1-2H3. The summed E-state index contributed by atoms with van der Waals surface area (Å²) >= 11 is 0. The van der Waals surface area contributed by atoms with E-state index in [4.69, 9.17) is 10.5 Å². The summed E-state index contributed by atoms with van der Waals surface area (Å²) in [6.45, 7) is 4.54. The van der Waals surface area contributed by atoms with E-state index in [1.54, 1.807) is 6.92 Å². The smallest absolute Gasteiger partial charge is 0.335 e. The third-order valence-electron chi connectivity index (χ3n) is 4.06. The van der Waals surface area contributed by atoms with Gasteiger partial charge in [0.25, 0.3) is 0 Å². The van der Waals surface area contributed by atoms with Gasteiger partial charge in [0.05, 0.1) is 6.61 Å². The van der Waals surface area contributed by atoms with Gasteiger partial charge in [0.2, 0.25) is 0 Å². The van der Waals surface area contributed by atoms with E-state index in [1.165, 1.54) is 6.42 Å². The maximum Gasteiger partial charge on any atom is 0.335 e. The fraction of sp³-hybridized carbons (Fsp3) is 0.923. The Kier molecular flexibility index (Phi) is 5.40. The molecule has 3 N–H and O–H groups in total. The molecule has 4 heteroatoms. The molecule has 0 amide bonds. The molecule has 17 heavy (non-hydrogen) atoms. The van der Waals surface area contributed by atoms with Crippen LogP contribution >= 0.6 is 0 Å². The molecule has 3 atom stereocenters. The molecule has 1 rings (SSSR count). The number of nitrogens with two attached hydrogens (primary N) is 1. The zero-order valence-corrected chi connectivity index (χ0v) is 10.9. The molecular formula is C13H25NO3. The summed E-state index contributed by atoms with van der Waals surface area (Å²) in [6, 6.07) is 0. The number of ether oxygens (including phenoxy) is 1. The van der Waals surface area contributed by atoms with Gasteiger partial charge in [0.1, 0.15) is 0 Å². The molecule has 1 saturated carbocycles. The van der Waals surface area contributed by atoms with Gasteiger partial charge in [-0.15, -0.1) is 0 Å². The van der Waals surface area contributed by atoms with E-state index in [1.807, 2.05) is 0 Å². The molecule has 1 fully saturated rings. The minimum Gasteiger partial charge on any atom is -0.464 e. The van der Waals surface area contributed by atoms with Crippen LogP contribution in [0.15, 0.2) is 0 Å². The van der Waals surface area contributed by atoms with Crippen molar-refractivity contribution in [2.45, 2.75) is 52.1 Å². The van der Waals surface area contributed by atoms with E-state index < -0.39 is 17.5 Å². The molecule has 0 spiro atoms. The van der Waals surface area contributed by atoms with Crippen molar-refractivity contribution in [1.82, 2.24) is 0 Å². The van der Waals surface area contributed by atoms with Gasteiger partial charge < -0.3 is 15.6 Å². The number of rotatable bonds is 5. The van der Waals surface area contributed by atoms with E-state index in [0.717, 1.165) is 25.7 Å². The maximum atomic E-state index is 11.7. The van der Waals surface area contributed by atoms with Gasteiger partial charge in [0, 0.05) is 12.0 Å². The second kappa shape index (κ2) is 6.36. The van der Waals surface area contributed by atoms with Crippen molar-refractivity contribution in [1.29, 1.82) is 0 Å². The van der Waals surface area contributed by atoms with Gasteiger partial charge in [-0.2, -0.15) is 0 Å². The van der Waals surface area contributed by atoms with Crippen LogP contribution in [0.2, 0.25) is 0 Å². The Morgan fingerprint density at radius 2 is 2.29 bits per heavy atom. The Labute approximate surface area is 104 Å². The lowest BCUT2D eigenvalue weighted by atomic mass is 9.66. The number of carbonyl (C=O) groups excluding carboxylic acids is 1. The summed E-state index contributed by atoms with van der Waals surface area (Å²) in [4.78, 5) is 11.7. The third-order valence-corrected chi connectivity index (χ3v) is 4.06. The molecule has 0 radical (unpaired) electrons. The molecule has 3 unspecified atom stereocenters. The summed E-state index contributed by atoms with van der Waals surface area (Å²) in [5.74, 6) is 0.0473. The van der Waals surface area contributed by atoms with Gasteiger partial charge in [-0.1, -0.05) is 26.2 Å². The highest BCUT2D eigenvalue weighted by molar-refractivity contribution is 5.75. The highest BCUT2D eigenvalue weighted by Gasteiger charge is 2.44. The topological polar surface area (TPSA) is 72.5 Å². The molecule has 0 saturated heterocycles. The maximum absolute atomic E-state index is 11.7. The van der Waals surface area contributed by atoms with Crippen molar-refractivity contribution in [3.05, 3.63) is 0 Å². The molecule has 4 nitrogen and oxygen atoms in total. The Morgan fingerprint density at radius 3 is 2.82 bits per heavy atom. The summed E-state index contributed by atoms with van der Waals surface area (Å²) in [6.07, 6.45) is 3.87. The molecule has 0 aromatic carbocycles. The Hall–Kier alpha value is -0.610. The Morgan fingerprint density at radius 1 is 1.59 bits per heavy atom. The first-order valence-corrected chi connectivity index (χ1v) is 6.64. The highest BCUT2D eigenvalue weighted by Crippen LogP contribution is 2.42. The number of aliphatic hydroxyl groups excluding tert-OH is 1. The predicted octanol–water partition coefficient (Wildman–Crippen LogP) is 1.46. The van der Waals surface area contributed by atoms with Crippen molar-refractivity contribution in [2.24, 2.45) is 17.1 Å². The normalized spacial score (nSPS) is 30.9. The van der Waals surface area contributed by atoms with Crippen molar-refractivity contribution in [3.8, 4) is 0 Å². The van der Waals surface area contributed by atoms with E-state index in [9.17, 15) is 9.90 Å². The van der Waals surface area contributed by atoms with Crippen LogP contribution in [-0.4, -0.2) is 30.3 Å². The fourth-order valence-electron chi connectivity index (χ4n) is 2.89. The fourth-order valence-corrected chi connectivity index (χ4v) is 2.89. The molecule has 1 aliphatic carbocycles. The molecule has 0 aromatic rings. The first kappa shape index (κ1) is 14.5. The van der Waals surface area contributed by atoms with E-state index in [2.05, 4.69) is 6.92 Å². The summed E-state index contributed by atoms with van der Waals surface area (Å²) in [5.41, 5.74) is 5.36. The van der Waals surface area contributed by atoms with E-state index >= 15 is 0 Å². The number of aliphatic hydroxyl groups is 1.